The summed E-state index contributed by atoms with van der Waals surface area (Å²) < 4.78 is 0. The van der Waals surface area contributed by atoms with Gasteiger partial charge in [0.05, 0.1) is 0 Å². The van der Waals surface area contributed by atoms with Gasteiger partial charge in [0.15, 0.2) is 0 Å². The summed E-state index contributed by atoms with van der Waals surface area (Å²) in [5.41, 5.74) is 24.1. The van der Waals surface area contributed by atoms with E-state index in [2.05, 4.69) is 280 Å². The minimum atomic E-state index is -0.0602. The summed E-state index contributed by atoms with van der Waals surface area (Å²) in [6.07, 6.45) is 0. The number of nitrogens with zero attached hydrogens (tertiary/aromatic N) is 2. The first-order valence-electron chi connectivity index (χ1n) is 23.3. The highest BCUT2D eigenvalue weighted by Crippen LogP contribution is 2.51. The lowest BCUT2D eigenvalue weighted by atomic mass is 9.82. The zero-order chi connectivity index (χ0) is 45.5. The van der Waals surface area contributed by atoms with Crippen molar-refractivity contribution >= 4 is 34.1 Å². The van der Waals surface area contributed by atoms with Gasteiger partial charge < -0.3 is 9.80 Å². The molecule has 0 amide bonds. The van der Waals surface area contributed by atoms with Crippen LogP contribution in [0.4, 0.5) is 34.1 Å². The lowest BCUT2D eigenvalue weighted by molar-refractivity contribution is 0.660. The molecule has 0 bridgehead atoms. The minimum absolute atomic E-state index is 0.0602. The number of fused-ring (bicyclic) bond motifs is 3. The molecule has 0 heterocycles. The first kappa shape index (κ1) is 41.5. The van der Waals surface area contributed by atoms with Gasteiger partial charge in [-0.2, -0.15) is 0 Å². The fourth-order valence-electron chi connectivity index (χ4n) is 10.2. The standard InChI is InChI=1S/C65H52N2/c1-45-42-56(66(53-30-24-50(25-31-53)47-16-8-5-9-17-47)54-32-26-51(27-33-54)48-18-10-6-11-19-48)36-39-59(45)60-40-37-57(43-46(60)2)67(55-34-28-52(29-35-55)49-20-12-7-13-21-49)58-38-41-64-62(44-58)61-22-14-15-23-63(61)65(64,3)4/h5-44H,1-4H3. The summed E-state index contributed by atoms with van der Waals surface area (Å²) in [6.45, 7) is 9.18. The summed E-state index contributed by atoms with van der Waals surface area (Å²) in [6, 6.07) is 88.5. The molecular formula is C65H52N2. The first-order chi connectivity index (χ1) is 32.8. The number of hydrogen-bond donors (Lipinski definition) is 0. The lowest BCUT2D eigenvalue weighted by Crippen LogP contribution is -2.15. The summed E-state index contributed by atoms with van der Waals surface area (Å²) in [5, 5.41) is 0. The van der Waals surface area contributed by atoms with E-state index in [-0.39, 0.29) is 5.41 Å². The van der Waals surface area contributed by atoms with Crippen LogP contribution in [0.3, 0.4) is 0 Å². The van der Waals surface area contributed by atoms with Gasteiger partial charge in [0.25, 0.3) is 0 Å². The summed E-state index contributed by atoms with van der Waals surface area (Å²) in [7, 11) is 0. The molecule has 322 valence electrons. The number of aryl methyl sites for hydroxylation is 2. The van der Waals surface area contributed by atoms with Crippen LogP contribution in [0.1, 0.15) is 36.1 Å². The highest BCUT2D eigenvalue weighted by molar-refractivity contribution is 5.88. The van der Waals surface area contributed by atoms with Crippen LogP contribution in [0.15, 0.2) is 243 Å². The van der Waals surface area contributed by atoms with E-state index in [9.17, 15) is 0 Å². The van der Waals surface area contributed by atoms with E-state index >= 15 is 0 Å². The zero-order valence-electron chi connectivity index (χ0n) is 38.5. The molecule has 10 aromatic carbocycles. The molecule has 1 aliphatic carbocycles. The average molecular weight is 861 g/mol. The highest BCUT2D eigenvalue weighted by Gasteiger charge is 2.35. The van der Waals surface area contributed by atoms with Crippen LogP contribution in [0.2, 0.25) is 0 Å². The van der Waals surface area contributed by atoms with Gasteiger partial charge in [0.2, 0.25) is 0 Å². The number of hydrogen-bond acceptors (Lipinski definition) is 2. The predicted molar refractivity (Wildman–Crippen MR) is 285 cm³/mol. The molecule has 0 unspecified atom stereocenters. The maximum Gasteiger partial charge on any atom is 0.0468 e. The molecule has 0 radical (unpaired) electrons. The Hall–Kier alpha value is -8.20. The van der Waals surface area contributed by atoms with E-state index in [4.69, 9.17) is 0 Å². The van der Waals surface area contributed by atoms with Crippen molar-refractivity contribution in [2.45, 2.75) is 33.1 Å². The van der Waals surface area contributed by atoms with Crippen LogP contribution in [0.5, 0.6) is 0 Å². The van der Waals surface area contributed by atoms with Crippen molar-refractivity contribution in [3.8, 4) is 55.6 Å². The van der Waals surface area contributed by atoms with Crippen molar-refractivity contribution in [2.75, 3.05) is 9.80 Å². The molecule has 2 nitrogen and oxygen atoms in total. The van der Waals surface area contributed by atoms with E-state index in [1.807, 2.05) is 0 Å². The second kappa shape index (κ2) is 17.3. The van der Waals surface area contributed by atoms with Crippen LogP contribution in [0, 0.1) is 13.8 Å². The van der Waals surface area contributed by atoms with Crippen LogP contribution in [-0.2, 0) is 5.41 Å². The molecular weight excluding hydrogens is 809 g/mol. The van der Waals surface area contributed by atoms with Crippen molar-refractivity contribution < 1.29 is 0 Å². The molecule has 11 rings (SSSR count). The van der Waals surface area contributed by atoms with Crippen LogP contribution in [0.25, 0.3) is 55.6 Å². The Balaban J connectivity index is 0.964. The summed E-state index contributed by atoms with van der Waals surface area (Å²) >= 11 is 0. The van der Waals surface area contributed by atoms with Crippen LogP contribution in [-0.4, -0.2) is 0 Å². The molecule has 1 aliphatic rings. The fraction of sp³-hybridized carbons (Fsp3) is 0.0769. The Morgan fingerprint density at radius 2 is 0.567 bits per heavy atom. The maximum atomic E-state index is 2.42. The molecule has 0 aliphatic heterocycles. The third kappa shape index (κ3) is 7.81. The maximum absolute atomic E-state index is 2.42. The van der Waals surface area contributed by atoms with Crippen molar-refractivity contribution in [1.29, 1.82) is 0 Å². The topological polar surface area (TPSA) is 6.48 Å². The molecule has 0 N–H and O–H groups in total. The first-order valence-corrected chi connectivity index (χ1v) is 23.3. The lowest BCUT2D eigenvalue weighted by Gasteiger charge is -2.28. The molecule has 2 heteroatoms. The molecule has 0 saturated heterocycles. The smallest absolute Gasteiger partial charge is 0.0468 e. The number of anilines is 6. The van der Waals surface area contributed by atoms with Gasteiger partial charge in [0.1, 0.15) is 0 Å². The van der Waals surface area contributed by atoms with E-state index < -0.39 is 0 Å². The van der Waals surface area contributed by atoms with Gasteiger partial charge in [0, 0.05) is 39.5 Å². The van der Waals surface area contributed by atoms with E-state index in [1.165, 1.54) is 77.9 Å². The third-order valence-electron chi connectivity index (χ3n) is 13.7. The van der Waals surface area contributed by atoms with Gasteiger partial charge in [-0.1, -0.05) is 184 Å². The molecule has 0 fully saturated rings. The number of rotatable bonds is 10. The van der Waals surface area contributed by atoms with E-state index in [0.29, 0.717) is 0 Å². The van der Waals surface area contributed by atoms with Crippen molar-refractivity contribution in [3.63, 3.8) is 0 Å². The monoisotopic (exact) mass is 860 g/mol. The highest BCUT2D eigenvalue weighted by atomic mass is 15.1. The van der Waals surface area contributed by atoms with Crippen molar-refractivity contribution in [1.82, 2.24) is 0 Å². The second-order valence-electron chi connectivity index (χ2n) is 18.3. The summed E-state index contributed by atoms with van der Waals surface area (Å²) in [5.74, 6) is 0. The fourth-order valence-corrected chi connectivity index (χ4v) is 10.2. The molecule has 0 atom stereocenters. The van der Waals surface area contributed by atoms with Gasteiger partial charge >= 0.3 is 0 Å². The SMILES string of the molecule is Cc1cc(N(c2ccc(-c3ccccc3)cc2)c2ccc(-c3ccccc3)cc2)ccc1-c1ccc(N(c2ccc(-c3ccccc3)cc2)c2ccc3c(c2)-c2ccccc2C3(C)C)cc1C. The minimum Gasteiger partial charge on any atom is -0.310 e. The van der Waals surface area contributed by atoms with Gasteiger partial charge in [-0.15, -0.1) is 0 Å². The molecule has 67 heavy (non-hydrogen) atoms. The van der Waals surface area contributed by atoms with Crippen LogP contribution >= 0.6 is 0 Å². The molecule has 10 aromatic rings. The largest absolute Gasteiger partial charge is 0.310 e. The Labute approximate surface area is 395 Å². The van der Waals surface area contributed by atoms with E-state index in [0.717, 1.165) is 34.1 Å². The number of benzene rings is 10. The van der Waals surface area contributed by atoms with Crippen molar-refractivity contribution in [3.05, 3.63) is 265 Å². The van der Waals surface area contributed by atoms with Crippen LogP contribution < -0.4 is 9.80 Å². The molecule has 0 spiro atoms. The van der Waals surface area contributed by atoms with Gasteiger partial charge in [-0.3, -0.25) is 0 Å². The van der Waals surface area contributed by atoms with Gasteiger partial charge in [-0.05, 0) is 165 Å². The predicted octanol–water partition coefficient (Wildman–Crippen LogP) is 18.2. The Kier molecular flexibility index (Phi) is 10.7. The van der Waals surface area contributed by atoms with E-state index in [1.54, 1.807) is 0 Å². The Morgan fingerprint density at radius 1 is 0.254 bits per heavy atom. The Morgan fingerprint density at radius 3 is 0.985 bits per heavy atom. The van der Waals surface area contributed by atoms with Gasteiger partial charge in [-0.25, -0.2) is 0 Å². The third-order valence-corrected chi connectivity index (χ3v) is 13.7. The normalized spacial score (nSPS) is 12.3. The second-order valence-corrected chi connectivity index (χ2v) is 18.3. The van der Waals surface area contributed by atoms with Crippen molar-refractivity contribution in [2.24, 2.45) is 0 Å². The molecule has 0 aromatic heterocycles. The average Bonchev–Trinajstić information content (AvgIpc) is 3.61. The Bertz CT molecular complexity index is 3270. The zero-order valence-corrected chi connectivity index (χ0v) is 38.5. The quantitative estimate of drug-likeness (QED) is 0.135. The molecule has 0 saturated carbocycles. The summed E-state index contributed by atoms with van der Waals surface area (Å²) in [4.78, 5) is 4.78.